The fourth-order valence-electron chi connectivity index (χ4n) is 2.26. The lowest BCUT2D eigenvalue weighted by Crippen LogP contribution is -2.14. The van der Waals surface area contributed by atoms with E-state index in [0.717, 1.165) is 31.0 Å². The number of nitrogens with zero attached hydrogens (tertiary/aromatic N) is 2. The molecule has 0 bridgehead atoms. The van der Waals surface area contributed by atoms with E-state index >= 15 is 0 Å². The van der Waals surface area contributed by atoms with Gasteiger partial charge in [-0.1, -0.05) is 13.3 Å². The number of unbranched alkanes of at least 4 members (excludes halogenated alkanes) is 1. The summed E-state index contributed by atoms with van der Waals surface area (Å²) in [5.41, 5.74) is -0.895. The third-order valence-electron chi connectivity index (χ3n) is 3.74. The number of nitrogens with one attached hydrogen (secondary N) is 1. The van der Waals surface area contributed by atoms with Gasteiger partial charge >= 0.3 is 5.97 Å². The first-order valence-corrected chi connectivity index (χ1v) is 8.35. The number of non-ortho nitro benzene ring substituents is 1. The summed E-state index contributed by atoms with van der Waals surface area (Å²) in [4.78, 5) is 44.4. The predicted molar refractivity (Wildman–Crippen MR) is 99.3 cm³/mol. The standard InChI is InChI=1S/C18H17N3O7/c1-2-3-10-28-18(23)12-4-6-13(7-5-12)19-17(22)15-9-8-14(20(24)25)11-16(15)21(26)27/h4-9,11H,2-3,10H2,1H3,(H,19,22). The molecule has 0 atom stereocenters. The first-order chi connectivity index (χ1) is 13.3. The molecule has 1 amide bonds. The Kier molecular flexibility index (Phi) is 6.74. The number of hydrogen-bond donors (Lipinski definition) is 1. The van der Waals surface area contributed by atoms with Crippen molar-refractivity contribution in [2.45, 2.75) is 19.8 Å². The average molecular weight is 387 g/mol. The third kappa shape index (κ3) is 5.10. The zero-order valence-electron chi connectivity index (χ0n) is 14.9. The largest absolute Gasteiger partial charge is 0.462 e. The average Bonchev–Trinajstić information content (AvgIpc) is 2.68. The van der Waals surface area contributed by atoms with E-state index in [2.05, 4.69) is 5.32 Å². The van der Waals surface area contributed by atoms with Crippen molar-refractivity contribution in [1.29, 1.82) is 0 Å². The molecule has 0 aliphatic heterocycles. The van der Waals surface area contributed by atoms with E-state index in [1.807, 2.05) is 6.92 Å². The smallest absolute Gasteiger partial charge is 0.338 e. The molecule has 0 aliphatic carbocycles. The molecule has 0 unspecified atom stereocenters. The van der Waals surface area contributed by atoms with Gasteiger partial charge in [0.1, 0.15) is 5.56 Å². The molecule has 146 valence electrons. The Morgan fingerprint density at radius 2 is 1.71 bits per heavy atom. The molecule has 10 heteroatoms. The van der Waals surface area contributed by atoms with E-state index in [1.54, 1.807) is 0 Å². The molecule has 0 radical (unpaired) electrons. The van der Waals surface area contributed by atoms with Gasteiger partial charge in [-0.3, -0.25) is 25.0 Å². The van der Waals surface area contributed by atoms with Gasteiger partial charge < -0.3 is 10.1 Å². The molecule has 1 N–H and O–H groups in total. The number of hydrogen-bond acceptors (Lipinski definition) is 7. The quantitative estimate of drug-likeness (QED) is 0.315. The number of carbonyl (C=O) groups is 2. The fourth-order valence-corrected chi connectivity index (χ4v) is 2.26. The zero-order valence-corrected chi connectivity index (χ0v) is 14.9. The summed E-state index contributed by atoms with van der Waals surface area (Å²) in [5.74, 6) is -1.29. The van der Waals surface area contributed by atoms with Crippen LogP contribution in [0.15, 0.2) is 42.5 Å². The number of nitro groups is 2. The lowest BCUT2D eigenvalue weighted by atomic mass is 10.1. The molecule has 0 saturated heterocycles. The van der Waals surface area contributed by atoms with Crippen molar-refractivity contribution in [3.63, 3.8) is 0 Å². The van der Waals surface area contributed by atoms with Crippen LogP contribution in [0.1, 0.15) is 40.5 Å². The number of nitro benzene ring substituents is 2. The molecule has 0 heterocycles. The Morgan fingerprint density at radius 1 is 1.04 bits per heavy atom. The van der Waals surface area contributed by atoms with Gasteiger partial charge in [-0.15, -0.1) is 0 Å². The number of rotatable bonds is 8. The van der Waals surface area contributed by atoms with Crippen molar-refractivity contribution in [3.05, 3.63) is 73.8 Å². The number of carbonyl (C=O) groups excluding carboxylic acids is 2. The number of anilines is 1. The first kappa shape index (κ1) is 20.5. The Labute approximate surface area is 159 Å². The second-order valence-electron chi connectivity index (χ2n) is 5.74. The Bertz CT molecular complexity index is 910. The van der Waals surface area contributed by atoms with Gasteiger partial charge in [0.25, 0.3) is 17.3 Å². The second kappa shape index (κ2) is 9.21. The summed E-state index contributed by atoms with van der Waals surface area (Å²) in [7, 11) is 0. The Hall–Kier alpha value is -3.82. The van der Waals surface area contributed by atoms with Gasteiger partial charge in [0.15, 0.2) is 0 Å². The van der Waals surface area contributed by atoms with Gasteiger partial charge in [0, 0.05) is 11.8 Å². The first-order valence-electron chi connectivity index (χ1n) is 8.35. The van der Waals surface area contributed by atoms with E-state index in [4.69, 9.17) is 4.74 Å². The maximum Gasteiger partial charge on any atom is 0.338 e. The van der Waals surface area contributed by atoms with Gasteiger partial charge in [-0.25, -0.2) is 4.79 Å². The third-order valence-corrected chi connectivity index (χ3v) is 3.74. The van der Waals surface area contributed by atoms with Crippen LogP contribution in [0.2, 0.25) is 0 Å². The molecule has 0 spiro atoms. The minimum absolute atomic E-state index is 0.294. The Balaban J connectivity index is 2.13. The molecule has 28 heavy (non-hydrogen) atoms. The van der Waals surface area contributed by atoms with Crippen LogP contribution >= 0.6 is 0 Å². The predicted octanol–water partition coefficient (Wildman–Crippen LogP) is 3.71. The van der Waals surface area contributed by atoms with Crippen molar-refractivity contribution in [2.24, 2.45) is 0 Å². The molecule has 2 aromatic rings. The lowest BCUT2D eigenvalue weighted by Gasteiger charge is -2.07. The van der Waals surface area contributed by atoms with Crippen LogP contribution in [0.5, 0.6) is 0 Å². The highest BCUT2D eigenvalue weighted by atomic mass is 16.6. The summed E-state index contributed by atoms with van der Waals surface area (Å²) in [6, 6.07) is 8.56. The molecule has 0 saturated carbocycles. The number of esters is 1. The maximum atomic E-state index is 12.3. The summed E-state index contributed by atoms with van der Waals surface area (Å²) in [5, 5.41) is 24.4. The molecule has 10 nitrogen and oxygen atoms in total. The minimum atomic E-state index is -0.864. The highest BCUT2D eigenvalue weighted by Gasteiger charge is 2.24. The van der Waals surface area contributed by atoms with Gasteiger partial charge in [-0.2, -0.15) is 0 Å². The molecular formula is C18H17N3O7. The van der Waals surface area contributed by atoms with E-state index in [0.29, 0.717) is 17.9 Å². The molecular weight excluding hydrogens is 370 g/mol. The van der Waals surface area contributed by atoms with Crippen molar-refractivity contribution < 1.29 is 24.2 Å². The van der Waals surface area contributed by atoms with Crippen LogP contribution in [0.4, 0.5) is 17.1 Å². The van der Waals surface area contributed by atoms with Crippen molar-refractivity contribution in [3.8, 4) is 0 Å². The SMILES string of the molecule is CCCCOC(=O)c1ccc(NC(=O)c2ccc([N+](=O)[O-])cc2[N+](=O)[O-])cc1. The van der Waals surface area contributed by atoms with Crippen LogP contribution in [0.25, 0.3) is 0 Å². The number of benzene rings is 2. The van der Waals surface area contributed by atoms with E-state index in [-0.39, 0.29) is 5.56 Å². The van der Waals surface area contributed by atoms with Gasteiger partial charge in [0.05, 0.1) is 28.1 Å². The maximum absolute atomic E-state index is 12.3. The van der Waals surface area contributed by atoms with Crippen LogP contribution in [0.3, 0.4) is 0 Å². The molecule has 2 aromatic carbocycles. The molecule has 0 aliphatic rings. The van der Waals surface area contributed by atoms with Crippen LogP contribution in [0, 0.1) is 20.2 Å². The van der Waals surface area contributed by atoms with Crippen LogP contribution < -0.4 is 5.32 Å². The fraction of sp³-hybridized carbons (Fsp3) is 0.222. The van der Waals surface area contributed by atoms with Gasteiger partial charge in [-0.05, 0) is 36.8 Å². The number of amides is 1. The van der Waals surface area contributed by atoms with Crippen LogP contribution in [-0.4, -0.2) is 28.3 Å². The van der Waals surface area contributed by atoms with Crippen molar-refractivity contribution in [1.82, 2.24) is 0 Å². The summed E-state index contributed by atoms with van der Waals surface area (Å²) < 4.78 is 5.08. The monoisotopic (exact) mass is 387 g/mol. The molecule has 0 fully saturated rings. The number of ether oxygens (including phenoxy) is 1. The topological polar surface area (TPSA) is 142 Å². The molecule has 2 rings (SSSR count). The van der Waals surface area contributed by atoms with Gasteiger partial charge in [0.2, 0.25) is 0 Å². The Morgan fingerprint density at radius 3 is 2.29 bits per heavy atom. The van der Waals surface area contributed by atoms with Crippen molar-refractivity contribution >= 4 is 28.9 Å². The molecule has 0 aromatic heterocycles. The second-order valence-corrected chi connectivity index (χ2v) is 5.74. The minimum Gasteiger partial charge on any atom is -0.462 e. The summed E-state index contributed by atoms with van der Waals surface area (Å²) >= 11 is 0. The zero-order chi connectivity index (χ0) is 20.7. The summed E-state index contributed by atoms with van der Waals surface area (Å²) in [6.07, 6.45) is 1.65. The highest BCUT2D eigenvalue weighted by Crippen LogP contribution is 2.25. The summed E-state index contributed by atoms with van der Waals surface area (Å²) in [6.45, 7) is 2.29. The van der Waals surface area contributed by atoms with Crippen molar-refractivity contribution in [2.75, 3.05) is 11.9 Å². The lowest BCUT2D eigenvalue weighted by molar-refractivity contribution is -0.394. The normalized spacial score (nSPS) is 10.2. The van der Waals surface area contributed by atoms with Crippen LogP contribution in [-0.2, 0) is 4.74 Å². The van der Waals surface area contributed by atoms with E-state index in [9.17, 15) is 29.8 Å². The van der Waals surface area contributed by atoms with E-state index in [1.165, 1.54) is 24.3 Å². The highest BCUT2D eigenvalue weighted by molar-refractivity contribution is 6.07. The van der Waals surface area contributed by atoms with E-state index < -0.39 is 33.1 Å².